The molecule has 1 N–H and O–H groups in total. The van der Waals surface area contributed by atoms with E-state index in [-0.39, 0.29) is 5.22 Å². The van der Waals surface area contributed by atoms with Crippen LogP contribution in [-0.2, 0) is 21.4 Å². The Morgan fingerprint density at radius 1 is 1.53 bits per heavy atom. The molecule has 0 aromatic carbocycles. The minimum Gasteiger partial charge on any atom is -0.481 e. The summed E-state index contributed by atoms with van der Waals surface area (Å²) >= 11 is 5.96. The van der Waals surface area contributed by atoms with E-state index < -0.39 is 11.4 Å². The zero-order valence-corrected chi connectivity index (χ0v) is 10.3. The summed E-state index contributed by atoms with van der Waals surface area (Å²) in [7, 11) is 0. The number of aliphatic carboxylic acids is 1. The Hall–Kier alpha value is -1.07. The lowest BCUT2D eigenvalue weighted by Gasteiger charge is -2.32. The summed E-state index contributed by atoms with van der Waals surface area (Å²) in [5.41, 5.74) is 0.137. The third kappa shape index (κ3) is 1.93. The molecular formula is C11H14ClNO4. The first kappa shape index (κ1) is 12.4. The molecule has 1 saturated heterocycles. The molecule has 1 aliphatic rings. The smallest absolute Gasteiger partial charge is 0.314 e. The number of carboxylic acid groups (broad SMARTS) is 1. The van der Waals surface area contributed by atoms with Crippen LogP contribution in [0.4, 0.5) is 0 Å². The molecule has 94 valence electrons. The van der Waals surface area contributed by atoms with Gasteiger partial charge in [0.05, 0.1) is 11.3 Å². The normalized spacial score (nSPS) is 19.2. The van der Waals surface area contributed by atoms with Crippen LogP contribution in [0.2, 0.25) is 5.22 Å². The lowest BCUT2D eigenvalue weighted by molar-refractivity contribution is -0.147. The topological polar surface area (TPSA) is 72.6 Å². The average molecular weight is 260 g/mol. The van der Waals surface area contributed by atoms with Gasteiger partial charge in [-0.3, -0.25) is 4.79 Å². The molecule has 0 aliphatic carbocycles. The highest BCUT2D eigenvalue weighted by atomic mass is 35.5. The maximum Gasteiger partial charge on any atom is 0.314 e. The van der Waals surface area contributed by atoms with Gasteiger partial charge in [-0.1, -0.05) is 12.1 Å². The Labute approximate surface area is 104 Å². The number of ether oxygens (including phenoxy) is 1. The van der Waals surface area contributed by atoms with Gasteiger partial charge in [0.25, 0.3) is 0 Å². The third-order valence-corrected chi connectivity index (χ3v) is 3.55. The molecule has 17 heavy (non-hydrogen) atoms. The second-order valence-electron chi connectivity index (χ2n) is 4.13. The van der Waals surface area contributed by atoms with Crippen molar-refractivity contribution in [2.24, 2.45) is 0 Å². The fraction of sp³-hybridized carbons (Fsp3) is 0.636. The number of aromatic nitrogens is 1. The Balaban J connectivity index is 2.52. The number of rotatable bonds is 3. The molecule has 1 aromatic rings. The molecule has 0 atom stereocenters. The maximum absolute atomic E-state index is 11.6. The second kappa shape index (κ2) is 4.66. The van der Waals surface area contributed by atoms with Crippen molar-refractivity contribution in [3.8, 4) is 0 Å². The summed E-state index contributed by atoms with van der Waals surface area (Å²) in [6.07, 6.45) is 1.40. The first-order chi connectivity index (χ1) is 8.12. The molecule has 1 aromatic heterocycles. The number of nitrogens with zero attached hydrogens (tertiary/aromatic N) is 1. The van der Waals surface area contributed by atoms with E-state index in [1.54, 1.807) is 0 Å². The minimum absolute atomic E-state index is 0.0890. The summed E-state index contributed by atoms with van der Waals surface area (Å²) < 4.78 is 10.2. The fourth-order valence-corrected chi connectivity index (χ4v) is 2.62. The van der Waals surface area contributed by atoms with E-state index in [9.17, 15) is 9.90 Å². The average Bonchev–Trinajstić information content (AvgIpc) is 2.71. The molecule has 0 saturated carbocycles. The highest BCUT2D eigenvalue weighted by molar-refractivity contribution is 6.30. The summed E-state index contributed by atoms with van der Waals surface area (Å²) in [6, 6.07) is 0. The first-order valence-electron chi connectivity index (χ1n) is 5.57. The summed E-state index contributed by atoms with van der Waals surface area (Å²) in [6.45, 7) is 2.72. The van der Waals surface area contributed by atoms with Crippen LogP contribution in [0.5, 0.6) is 0 Å². The van der Waals surface area contributed by atoms with Gasteiger partial charge in [0.2, 0.25) is 5.22 Å². The van der Waals surface area contributed by atoms with Gasteiger partial charge in [-0.15, -0.1) is 0 Å². The molecule has 0 spiro atoms. The lowest BCUT2D eigenvalue weighted by atomic mass is 9.74. The van der Waals surface area contributed by atoms with Crippen LogP contribution in [0, 0.1) is 0 Å². The number of aryl methyl sites for hydroxylation is 1. The van der Waals surface area contributed by atoms with Crippen molar-refractivity contribution in [1.29, 1.82) is 0 Å². The predicted octanol–water partition coefficient (Wildman–Crippen LogP) is 2.02. The van der Waals surface area contributed by atoms with E-state index in [4.69, 9.17) is 20.9 Å². The summed E-state index contributed by atoms with van der Waals surface area (Å²) in [5, 5.41) is 13.4. The van der Waals surface area contributed by atoms with E-state index >= 15 is 0 Å². The Bertz CT molecular complexity index is 423. The number of carboxylic acids is 1. The van der Waals surface area contributed by atoms with Crippen molar-refractivity contribution < 1.29 is 19.2 Å². The van der Waals surface area contributed by atoms with Crippen molar-refractivity contribution in [3.63, 3.8) is 0 Å². The standard InChI is InChI=1S/C11H14ClNO4/c1-2-7-8(9(12)17-13-7)11(10(14)15)3-5-16-6-4-11/h2-6H2,1H3,(H,14,15). The Morgan fingerprint density at radius 3 is 2.71 bits per heavy atom. The van der Waals surface area contributed by atoms with Gasteiger partial charge in [0.1, 0.15) is 5.41 Å². The second-order valence-corrected chi connectivity index (χ2v) is 4.47. The molecule has 1 fully saturated rings. The van der Waals surface area contributed by atoms with E-state index in [0.29, 0.717) is 43.7 Å². The zero-order chi connectivity index (χ0) is 12.5. The van der Waals surface area contributed by atoms with Crippen LogP contribution in [0.3, 0.4) is 0 Å². The van der Waals surface area contributed by atoms with Crippen molar-refractivity contribution in [3.05, 3.63) is 16.5 Å². The monoisotopic (exact) mass is 259 g/mol. The Morgan fingerprint density at radius 2 is 2.18 bits per heavy atom. The van der Waals surface area contributed by atoms with Crippen molar-refractivity contribution in [2.45, 2.75) is 31.6 Å². The van der Waals surface area contributed by atoms with Gasteiger partial charge in [-0.05, 0) is 30.9 Å². The van der Waals surface area contributed by atoms with Crippen LogP contribution in [0.25, 0.3) is 0 Å². The number of hydrogen-bond donors (Lipinski definition) is 1. The molecule has 6 heteroatoms. The largest absolute Gasteiger partial charge is 0.481 e. The van der Waals surface area contributed by atoms with Crippen molar-refractivity contribution >= 4 is 17.6 Å². The molecule has 1 aliphatic heterocycles. The number of carbonyl (C=O) groups is 1. The van der Waals surface area contributed by atoms with Crippen molar-refractivity contribution in [2.75, 3.05) is 13.2 Å². The number of hydrogen-bond acceptors (Lipinski definition) is 4. The molecule has 2 heterocycles. The molecule has 2 rings (SSSR count). The van der Waals surface area contributed by atoms with Crippen LogP contribution in [0.1, 0.15) is 31.0 Å². The number of halogens is 1. The SMILES string of the molecule is CCc1noc(Cl)c1C1(C(=O)O)CCOCC1. The highest BCUT2D eigenvalue weighted by Gasteiger charge is 2.46. The Kier molecular flexibility index (Phi) is 3.40. The third-order valence-electron chi connectivity index (χ3n) is 3.29. The minimum atomic E-state index is -1.01. The van der Waals surface area contributed by atoms with E-state index in [1.165, 1.54) is 0 Å². The predicted molar refractivity (Wildman–Crippen MR) is 60.3 cm³/mol. The highest BCUT2D eigenvalue weighted by Crippen LogP contribution is 2.41. The first-order valence-corrected chi connectivity index (χ1v) is 5.95. The van der Waals surface area contributed by atoms with E-state index in [2.05, 4.69) is 5.16 Å². The molecule has 0 unspecified atom stereocenters. The molecular weight excluding hydrogens is 246 g/mol. The van der Waals surface area contributed by atoms with Crippen LogP contribution >= 0.6 is 11.6 Å². The zero-order valence-electron chi connectivity index (χ0n) is 9.53. The molecule has 0 amide bonds. The summed E-state index contributed by atoms with van der Waals surface area (Å²) in [5.74, 6) is -0.888. The van der Waals surface area contributed by atoms with Crippen LogP contribution in [-0.4, -0.2) is 29.4 Å². The van der Waals surface area contributed by atoms with Gasteiger partial charge in [-0.25, -0.2) is 0 Å². The lowest BCUT2D eigenvalue weighted by Crippen LogP contribution is -2.42. The van der Waals surface area contributed by atoms with Crippen LogP contribution < -0.4 is 0 Å². The van der Waals surface area contributed by atoms with Gasteiger partial charge < -0.3 is 14.4 Å². The van der Waals surface area contributed by atoms with Gasteiger partial charge in [0.15, 0.2) is 0 Å². The van der Waals surface area contributed by atoms with E-state index in [1.807, 2.05) is 6.92 Å². The van der Waals surface area contributed by atoms with Gasteiger partial charge >= 0.3 is 5.97 Å². The van der Waals surface area contributed by atoms with Gasteiger partial charge in [0, 0.05) is 13.2 Å². The molecule has 0 bridgehead atoms. The van der Waals surface area contributed by atoms with Gasteiger partial charge in [-0.2, -0.15) is 0 Å². The maximum atomic E-state index is 11.6. The fourth-order valence-electron chi connectivity index (χ4n) is 2.30. The van der Waals surface area contributed by atoms with E-state index in [0.717, 1.165) is 0 Å². The summed E-state index contributed by atoms with van der Waals surface area (Å²) in [4.78, 5) is 11.6. The van der Waals surface area contributed by atoms with Crippen molar-refractivity contribution in [1.82, 2.24) is 5.16 Å². The molecule has 5 nitrogen and oxygen atoms in total. The van der Waals surface area contributed by atoms with Crippen LogP contribution in [0.15, 0.2) is 4.52 Å². The quantitative estimate of drug-likeness (QED) is 0.899. The molecule has 0 radical (unpaired) electrons.